The third-order valence-corrected chi connectivity index (χ3v) is 8.59. The van der Waals surface area contributed by atoms with Gasteiger partial charge >= 0.3 is 0 Å². The number of nitrogens with one attached hydrogen (secondary N) is 3. The predicted octanol–water partition coefficient (Wildman–Crippen LogP) is 4.89. The number of halogens is 1. The Balaban J connectivity index is 1.29. The van der Waals surface area contributed by atoms with Crippen LogP contribution in [0.3, 0.4) is 0 Å². The number of nitrogens with two attached hydrogens (primary N) is 1. The standard InChI is InChI=1S/C29H32FN7O2S/c1-19-5-2-3-7-27(19)40(38,39)35-17-20-8-11-23(15-25(20)30)37-29-24(6-4-14-32-29)26-16-28(34-18-33-26)36-22-12-9-21(31)10-13-22/h2-8,11,14-16,18,21-22,35H,9-10,12-13,17,31H2,1H3,(H,32,37)(H,33,34,36). The van der Waals surface area contributed by atoms with Crippen LogP contribution in [0, 0.1) is 12.7 Å². The molecule has 9 nitrogen and oxygen atoms in total. The van der Waals surface area contributed by atoms with Crippen LogP contribution < -0.4 is 21.1 Å². The SMILES string of the molecule is Cc1ccccc1S(=O)(=O)NCc1ccc(Nc2ncccc2-c2cc(NC3CCC(N)CC3)ncn2)cc1F. The van der Waals surface area contributed by atoms with Gasteiger partial charge in [-0.2, -0.15) is 0 Å². The van der Waals surface area contributed by atoms with E-state index in [1.54, 1.807) is 43.5 Å². The summed E-state index contributed by atoms with van der Waals surface area (Å²) < 4.78 is 42.9. The van der Waals surface area contributed by atoms with Crippen LogP contribution in [0.25, 0.3) is 11.3 Å². The Morgan fingerprint density at radius 1 is 0.975 bits per heavy atom. The number of benzene rings is 2. The van der Waals surface area contributed by atoms with E-state index in [1.165, 1.54) is 18.5 Å². The first-order chi connectivity index (χ1) is 19.3. The van der Waals surface area contributed by atoms with Crippen molar-refractivity contribution in [1.29, 1.82) is 0 Å². The van der Waals surface area contributed by atoms with E-state index < -0.39 is 15.8 Å². The quantitative estimate of drug-likeness (QED) is 0.227. The molecule has 40 heavy (non-hydrogen) atoms. The average Bonchev–Trinajstić information content (AvgIpc) is 2.94. The van der Waals surface area contributed by atoms with Crippen LogP contribution in [0.5, 0.6) is 0 Å². The highest BCUT2D eigenvalue weighted by Gasteiger charge is 2.20. The fraction of sp³-hybridized carbons (Fsp3) is 0.276. The molecular weight excluding hydrogens is 529 g/mol. The summed E-state index contributed by atoms with van der Waals surface area (Å²) in [6, 6.07) is 17.3. The molecule has 2 aromatic carbocycles. The van der Waals surface area contributed by atoms with Crippen molar-refractivity contribution in [3.63, 3.8) is 0 Å². The lowest BCUT2D eigenvalue weighted by molar-refractivity contribution is 0.410. The molecule has 5 rings (SSSR count). The highest BCUT2D eigenvalue weighted by Crippen LogP contribution is 2.29. The van der Waals surface area contributed by atoms with Crippen molar-refractivity contribution in [2.24, 2.45) is 5.73 Å². The first kappa shape index (κ1) is 27.6. The summed E-state index contributed by atoms with van der Waals surface area (Å²) in [5.74, 6) is 0.683. The van der Waals surface area contributed by atoms with E-state index in [2.05, 4.69) is 30.3 Å². The summed E-state index contributed by atoms with van der Waals surface area (Å²) in [4.78, 5) is 13.4. The normalized spacial score (nSPS) is 17.4. The second-order valence-corrected chi connectivity index (χ2v) is 11.7. The first-order valence-electron chi connectivity index (χ1n) is 13.2. The zero-order chi connectivity index (χ0) is 28.1. The Morgan fingerprint density at radius 2 is 1.77 bits per heavy atom. The summed E-state index contributed by atoms with van der Waals surface area (Å²) in [5, 5.41) is 6.65. The van der Waals surface area contributed by atoms with Gasteiger partial charge in [-0.25, -0.2) is 32.5 Å². The van der Waals surface area contributed by atoms with Gasteiger partial charge in [0.15, 0.2) is 0 Å². The van der Waals surface area contributed by atoms with Crippen molar-refractivity contribution in [2.45, 2.75) is 56.1 Å². The van der Waals surface area contributed by atoms with Crippen molar-refractivity contribution in [1.82, 2.24) is 19.7 Å². The number of aromatic nitrogens is 3. The lowest BCUT2D eigenvalue weighted by atomic mass is 9.92. The van der Waals surface area contributed by atoms with Crippen LogP contribution in [0.2, 0.25) is 0 Å². The van der Waals surface area contributed by atoms with Gasteiger partial charge in [0, 0.05) is 47.7 Å². The lowest BCUT2D eigenvalue weighted by Crippen LogP contribution is -2.33. The topological polar surface area (TPSA) is 135 Å². The second-order valence-electron chi connectivity index (χ2n) is 9.97. The lowest BCUT2D eigenvalue weighted by Gasteiger charge is -2.27. The zero-order valence-corrected chi connectivity index (χ0v) is 23.0. The maximum atomic E-state index is 15.0. The molecule has 1 fully saturated rings. The molecule has 4 aromatic rings. The van der Waals surface area contributed by atoms with Crippen molar-refractivity contribution in [3.05, 3.63) is 90.1 Å². The number of pyridine rings is 1. The van der Waals surface area contributed by atoms with Crippen molar-refractivity contribution in [2.75, 3.05) is 10.6 Å². The summed E-state index contributed by atoms with van der Waals surface area (Å²) in [7, 11) is -3.78. The molecule has 1 aliphatic rings. The molecule has 0 unspecified atom stereocenters. The van der Waals surface area contributed by atoms with Gasteiger partial charge in [0.05, 0.1) is 10.6 Å². The van der Waals surface area contributed by atoms with Gasteiger partial charge < -0.3 is 16.4 Å². The number of rotatable bonds is 9. The fourth-order valence-corrected chi connectivity index (χ4v) is 6.03. The number of aryl methyl sites for hydroxylation is 1. The van der Waals surface area contributed by atoms with Crippen LogP contribution >= 0.6 is 0 Å². The highest BCUT2D eigenvalue weighted by atomic mass is 32.2. The van der Waals surface area contributed by atoms with Gasteiger partial charge in [0.25, 0.3) is 0 Å². The molecule has 11 heteroatoms. The summed E-state index contributed by atoms with van der Waals surface area (Å²) in [5.41, 5.74) is 8.73. The van der Waals surface area contributed by atoms with Crippen molar-refractivity contribution in [3.8, 4) is 11.3 Å². The van der Waals surface area contributed by atoms with Crippen LogP contribution in [0.1, 0.15) is 36.8 Å². The molecule has 0 aliphatic heterocycles. The molecule has 0 spiro atoms. The molecular formula is C29H32FN7O2S. The molecule has 2 heterocycles. The number of sulfonamides is 1. The Bertz CT molecular complexity index is 1590. The van der Waals surface area contributed by atoms with Crippen LogP contribution in [0.4, 0.5) is 21.7 Å². The Labute approximate surface area is 233 Å². The van der Waals surface area contributed by atoms with Crippen molar-refractivity contribution < 1.29 is 12.8 Å². The molecule has 208 valence electrons. The molecule has 2 aromatic heterocycles. The van der Waals surface area contributed by atoms with E-state index in [0.717, 1.165) is 37.1 Å². The third kappa shape index (κ3) is 6.61. The molecule has 0 atom stereocenters. The number of hydrogen-bond donors (Lipinski definition) is 4. The molecule has 1 saturated carbocycles. The fourth-order valence-electron chi connectivity index (χ4n) is 4.78. The molecule has 1 aliphatic carbocycles. The van der Waals surface area contributed by atoms with E-state index >= 15 is 4.39 Å². The van der Waals surface area contributed by atoms with E-state index in [4.69, 9.17) is 5.73 Å². The average molecular weight is 562 g/mol. The summed E-state index contributed by atoms with van der Waals surface area (Å²) in [6.45, 7) is 1.54. The number of anilines is 3. The zero-order valence-electron chi connectivity index (χ0n) is 22.1. The summed E-state index contributed by atoms with van der Waals surface area (Å²) in [6.07, 6.45) is 7.11. The molecule has 0 saturated heterocycles. The smallest absolute Gasteiger partial charge is 0.241 e. The van der Waals surface area contributed by atoms with Crippen LogP contribution in [-0.4, -0.2) is 35.5 Å². The van der Waals surface area contributed by atoms with Gasteiger partial charge in [-0.1, -0.05) is 24.3 Å². The minimum atomic E-state index is -3.78. The molecule has 0 amide bonds. The van der Waals surface area contributed by atoms with E-state index in [9.17, 15) is 8.42 Å². The minimum Gasteiger partial charge on any atom is -0.367 e. The minimum absolute atomic E-state index is 0.169. The maximum absolute atomic E-state index is 15.0. The van der Waals surface area contributed by atoms with E-state index in [-0.39, 0.29) is 23.0 Å². The van der Waals surface area contributed by atoms with Gasteiger partial charge in [-0.15, -0.1) is 0 Å². The number of nitrogens with zero attached hydrogens (tertiary/aromatic N) is 3. The second kappa shape index (κ2) is 12.1. The third-order valence-electron chi connectivity index (χ3n) is 7.03. The molecule has 5 N–H and O–H groups in total. The first-order valence-corrected chi connectivity index (χ1v) is 14.7. The maximum Gasteiger partial charge on any atom is 0.241 e. The number of hydrogen-bond acceptors (Lipinski definition) is 8. The van der Waals surface area contributed by atoms with E-state index in [0.29, 0.717) is 28.8 Å². The highest BCUT2D eigenvalue weighted by molar-refractivity contribution is 7.89. The van der Waals surface area contributed by atoms with Crippen LogP contribution in [-0.2, 0) is 16.6 Å². The Hall–Kier alpha value is -3.93. The van der Waals surface area contributed by atoms with Gasteiger partial charge in [0.2, 0.25) is 10.0 Å². The monoisotopic (exact) mass is 561 g/mol. The molecule has 0 radical (unpaired) electrons. The molecule has 0 bridgehead atoms. The van der Waals surface area contributed by atoms with E-state index in [1.807, 2.05) is 18.2 Å². The van der Waals surface area contributed by atoms with Gasteiger partial charge in [0.1, 0.15) is 23.8 Å². The predicted molar refractivity (Wildman–Crippen MR) is 154 cm³/mol. The van der Waals surface area contributed by atoms with Gasteiger partial charge in [-0.05, 0) is 68.5 Å². The Kier molecular flexibility index (Phi) is 8.34. The largest absolute Gasteiger partial charge is 0.367 e. The van der Waals surface area contributed by atoms with Crippen LogP contribution in [0.15, 0.2) is 78.1 Å². The Morgan fingerprint density at radius 3 is 2.55 bits per heavy atom. The summed E-state index contributed by atoms with van der Waals surface area (Å²) >= 11 is 0. The van der Waals surface area contributed by atoms with Gasteiger partial charge in [-0.3, -0.25) is 0 Å². The van der Waals surface area contributed by atoms with Crippen molar-refractivity contribution >= 4 is 27.3 Å².